The number of hydrogen-bond acceptors (Lipinski definition) is 3. The molecule has 0 aliphatic heterocycles. The van der Waals surface area contributed by atoms with Crippen molar-refractivity contribution in [3.8, 4) is 6.07 Å². The van der Waals surface area contributed by atoms with Crippen LogP contribution in [0.3, 0.4) is 0 Å². The van der Waals surface area contributed by atoms with E-state index in [1.807, 2.05) is 30.3 Å². The Morgan fingerprint density at radius 1 is 1.24 bits per heavy atom. The molecule has 0 heterocycles. The zero-order valence-electron chi connectivity index (χ0n) is 11.3. The van der Waals surface area contributed by atoms with E-state index in [4.69, 9.17) is 22.6 Å². The first-order chi connectivity index (χ1) is 10.1. The van der Waals surface area contributed by atoms with Gasteiger partial charge < -0.3 is 11.1 Å². The van der Waals surface area contributed by atoms with Crippen LogP contribution in [-0.4, -0.2) is 5.91 Å². The Morgan fingerprint density at radius 3 is 2.57 bits per heavy atom. The summed E-state index contributed by atoms with van der Waals surface area (Å²) in [5.41, 5.74) is 8.33. The van der Waals surface area contributed by atoms with Gasteiger partial charge in [0.25, 0.3) is 0 Å². The molecule has 0 aromatic heterocycles. The number of nitrogens with two attached hydrogens (primary N) is 1. The molecule has 0 saturated heterocycles. The zero-order chi connectivity index (χ0) is 15.2. The number of hydrogen-bond donors (Lipinski definition) is 2. The normalized spacial score (nSPS) is 9.90. The number of aryl methyl sites for hydroxylation is 1. The smallest absolute Gasteiger partial charge is 0.224 e. The third kappa shape index (κ3) is 4.23. The first-order valence-electron chi connectivity index (χ1n) is 6.42. The van der Waals surface area contributed by atoms with Crippen LogP contribution < -0.4 is 11.1 Å². The largest absolute Gasteiger partial charge is 0.399 e. The van der Waals surface area contributed by atoms with Crippen LogP contribution in [0.4, 0.5) is 11.4 Å². The number of carbonyl (C=O) groups excluding carboxylic acids is 1. The molecule has 5 heteroatoms. The van der Waals surface area contributed by atoms with Crippen molar-refractivity contribution in [2.75, 3.05) is 11.1 Å². The molecule has 0 saturated carbocycles. The van der Waals surface area contributed by atoms with Gasteiger partial charge in [-0.25, -0.2) is 0 Å². The second kappa shape index (κ2) is 6.78. The standard InChI is InChI=1S/C16H14ClN3O/c17-14-9-12(10-18)3-7-15(14)20-16(21)8-4-11-1-5-13(19)6-2-11/h1-3,5-7,9H,4,8,19H2,(H,20,21). The Bertz CT molecular complexity index is 690. The minimum atomic E-state index is -0.126. The van der Waals surface area contributed by atoms with Crippen molar-refractivity contribution in [1.82, 2.24) is 0 Å². The van der Waals surface area contributed by atoms with E-state index in [1.54, 1.807) is 12.1 Å². The molecule has 21 heavy (non-hydrogen) atoms. The summed E-state index contributed by atoms with van der Waals surface area (Å²) in [6.45, 7) is 0. The Labute approximate surface area is 128 Å². The Morgan fingerprint density at radius 2 is 1.95 bits per heavy atom. The number of nitriles is 1. The lowest BCUT2D eigenvalue weighted by molar-refractivity contribution is -0.116. The summed E-state index contributed by atoms with van der Waals surface area (Å²) in [5, 5.41) is 11.9. The van der Waals surface area contributed by atoms with Gasteiger partial charge in [0.05, 0.1) is 22.3 Å². The van der Waals surface area contributed by atoms with Gasteiger partial charge in [-0.3, -0.25) is 4.79 Å². The fourth-order valence-corrected chi connectivity index (χ4v) is 2.07. The zero-order valence-corrected chi connectivity index (χ0v) is 12.0. The lowest BCUT2D eigenvalue weighted by Gasteiger charge is -2.07. The minimum absolute atomic E-state index is 0.126. The SMILES string of the molecule is N#Cc1ccc(NC(=O)CCc2ccc(N)cc2)c(Cl)c1. The van der Waals surface area contributed by atoms with Gasteiger partial charge in [-0.05, 0) is 42.3 Å². The number of halogens is 1. The van der Waals surface area contributed by atoms with Crippen molar-refractivity contribution in [1.29, 1.82) is 5.26 Å². The molecule has 2 rings (SSSR count). The van der Waals surface area contributed by atoms with Crippen LogP contribution in [0.15, 0.2) is 42.5 Å². The van der Waals surface area contributed by atoms with E-state index >= 15 is 0 Å². The van der Waals surface area contributed by atoms with E-state index in [-0.39, 0.29) is 5.91 Å². The second-order valence-electron chi connectivity index (χ2n) is 4.60. The van der Waals surface area contributed by atoms with Crippen molar-refractivity contribution in [3.63, 3.8) is 0 Å². The third-order valence-electron chi connectivity index (χ3n) is 2.99. The molecule has 2 aromatic rings. The average molecular weight is 300 g/mol. The maximum Gasteiger partial charge on any atom is 0.224 e. The van der Waals surface area contributed by atoms with Gasteiger partial charge in [-0.1, -0.05) is 23.7 Å². The molecule has 0 atom stereocenters. The van der Waals surface area contributed by atoms with E-state index in [0.717, 1.165) is 5.56 Å². The highest BCUT2D eigenvalue weighted by molar-refractivity contribution is 6.33. The second-order valence-corrected chi connectivity index (χ2v) is 5.00. The van der Waals surface area contributed by atoms with E-state index in [2.05, 4.69) is 5.32 Å². The summed E-state index contributed by atoms with van der Waals surface area (Å²) in [4.78, 5) is 11.9. The van der Waals surface area contributed by atoms with Crippen LogP contribution >= 0.6 is 11.6 Å². The summed E-state index contributed by atoms with van der Waals surface area (Å²) in [7, 11) is 0. The summed E-state index contributed by atoms with van der Waals surface area (Å²) in [5.74, 6) is -0.126. The van der Waals surface area contributed by atoms with Crippen LogP contribution in [-0.2, 0) is 11.2 Å². The maximum absolute atomic E-state index is 11.9. The summed E-state index contributed by atoms with van der Waals surface area (Å²) in [6, 6.07) is 14.2. The number of benzene rings is 2. The molecule has 0 bridgehead atoms. The molecule has 0 spiro atoms. The highest BCUT2D eigenvalue weighted by Crippen LogP contribution is 2.23. The molecular weight excluding hydrogens is 286 g/mol. The molecule has 2 aromatic carbocycles. The van der Waals surface area contributed by atoms with Crippen molar-refractivity contribution in [2.24, 2.45) is 0 Å². The quantitative estimate of drug-likeness (QED) is 0.850. The monoisotopic (exact) mass is 299 g/mol. The van der Waals surface area contributed by atoms with Gasteiger partial charge in [0.1, 0.15) is 0 Å². The van der Waals surface area contributed by atoms with Gasteiger partial charge in [-0.2, -0.15) is 5.26 Å². The highest BCUT2D eigenvalue weighted by atomic mass is 35.5. The number of anilines is 2. The molecule has 3 N–H and O–H groups in total. The van der Waals surface area contributed by atoms with Gasteiger partial charge in [0, 0.05) is 12.1 Å². The number of nitrogen functional groups attached to an aromatic ring is 1. The van der Waals surface area contributed by atoms with Crippen LogP contribution in [0.1, 0.15) is 17.5 Å². The Balaban J connectivity index is 1.93. The number of nitrogens with zero attached hydrogens (tertiary/aromatic N) is 1. The van der Waals surface area contributed by atoms with Gasteiger partial charge in [0.2, 0.25) is 5.91 Å². The van der Waals surface area contributed by atoms with Gasteiger partial charge >= 0.3 is 0 Å². The average Bonchev–Trinajstić information content (AvgIpc) is 2.48. The maximum atomic E-state index is 11.9. The van der Waals surface area contributed by atoms with E-state index in [0.29, 0.717) is 34.8 Å². The third-order valence-corrected chi connectivity index (χ3v) is 3.31. The predicted molar refractivity (Wildman–Crippen MR) is 84.0 cm³/mol. The summed E-state index contributed by atoms with van der Waals surface area (Å²) < 4.78 is 0. The van der Waals surface area contributed by atoms with E-state index < -0.39 is 0 Å². The molecule has 0 aliphatic rings. The van der Waals surface area contributed by atoms with Crippen molar-refractivity contribution in [3.05, 3.63) is 58.6 Å². The number of nitrogens with one attached hydrogen (secondary N) is 1. The Kier molecular flexibility index (Phi) is 4.81. The predicted octanol–water partition coefficient (Wildman–Crippen LogP) is 3.37. The van der Waals surface area contributed by atoms with Crippen LogP contribution in [0.25, 0.3) is 0 Å². The van der Waals surface area contributed by atoms with Gasteiger partial charge in [-0.15, -0.1) is 0 Å². The van der Waals surface area contributed by atoms with Crippen molar-refractivity contribution >= 4 is 28.9 Å². The first kappa shape index (κ1) is 14.9. The van der Waals surface area contributed by atoms with E-state index in [1.165, 1.54) is 6.07 Å². The van der Waals surface area contributed by atoms with Crippen LogP contribution in [0.5, 0.6) is 0 Å². The van der Waals surface area contributed by atoms with Crippen molar-refractivity contribution < 1.29 is 4.79 Å². The molecule has 0 aliphatic carbocycles. The molecule has 4 nitrogen and oxygen atoms in total. The molecule has 1 amide bonds. The fourth-order valence-electron chi connectivity index (χ4n) is 1.84. The lowest BCUT2D eigenvalue weighted by atomic mass is 10.1. The van der Waals surface area contributed by atoms with E-state index in [9.17, 15) is 4.79 Å². The molecule has 0 fully saturated rings. The highest BCUT2D eigenvalue weighted by Gasteiger charge is 2.07. The van der Waals surface area contributed by atoms with Crippen LogP contribution in [0, 0.1) is 11.3 Å². The minimum Gasteiger partial charge on any atom is -0.399 e. The number of rotatable bonds is 4. The molecule has 0 radical (unpaired) electrons. The molecule has 106 valence electrons. The lowest BCUT2D eigenvalue weighted by Crippen LogP contribution is -2.12. The topological polar surface area (TPSA) is 78.9 Å². The fraction of sp³-hybridized carbons (Fsp3) is 0.125. The van der Waals surface area contributed by atoms with Crippen LogP contribution in [0.2, 0.25) is 5.02 Å². The number of carbonyl (C=O) groups is 1. The molecule has 0 unspecified atom stereocenters. The molecular formula is C16H14ClN3O. The summed E-state index contributed by atoms with van der Waals surface area (Å²) in [6.07, 6.45) is 0.972. The van der Waals surface area contributed by atoms with Gasteiger partial charge in [0.15, 0.2) is 0 Å². The summed E-state index contributed by atoms with van der Waals surface area (Å²) >= 11 is 6.01. The first-order valence-corrected chi connectivity index (χ1v) is 6.80. The Hall–Kier alpha value is -2.51. The number of amides is 1. The van der Waals surface area contributed by atoms with Crippen molar-refractivity contribution in [2.45, 2.75) is 12.8 Å².